The molecule has 0 atom stereocenters. The monoisotopic (exact) mass is 269 g/mol. The molecular weight excluding hydrogens is 258 g/mol. The second-order valence-electron chi connectivity index (χ2n) is 3.59. The van der Waals surface area contributed by atoms with Gasteiger partial charge in [-0.15, -0.1) is 0 Å². The highest BCUT2D eigenvalue weighted by Crippen LogP contribution is 2.32. The third kappa shape index (κ3) is 2.09. The van der Waals surface area contributed by atoms with Crippen molar-refractivity contribution in [2.45, 2.75) is 16.8 Å². The molecule has 2 aromatic heterocycles. The molecule has 2 aromatic rings. The highest BCUT2D eigenvalue weighted by atomic mass is 32.2. The molecule has 0 saturated carbocycles. The van der Waals surface area contributed by atoms with Crippen LogP contribution in [0.1, 0.15) is 5.69 Å². The summed E-state index contributed by atoms with van der Waals surface area (Å²) in [6, 6.07) is 0. The number of nitro groups is 1. The Kier molecular flexibility index (Phi) is 3.34. The van der Waals surface area contributed by atoms with E-state index in [1.807, 2.05) is 0 Å². The zero-order valence-electron chi connectivity index (χ0n) is 9.77. The molecular formula is C9H11N5O3S. The van der Waals surface area contributed by atoms with Gasteiger partial charge in [0.05, 0.1) is 18.5 Å². The molecule has 0 fully saturated rings. The standard InChI is InChI=1S/C9H11N5O3S/c1-12-5-11-7(14(16)17)8(12)18-9-10-3-6(4-15)13(9)2/h3,5,15H,4H2,1-2H3. The first-order valence-electron chi connectivity index (χ1n) is 4.99. The SMILES string of the molecule is Cn1cnc([N+](=O)[O-])c1Sc1ncc(CO)n1C. The van der Waals surface area contributed by atoms with Crippen molar-refractivity contribution < 1.29 is 10.0 Å². The maximum atomic E-state index is 10.8. The van der Waals surface area contributed by atoms with Gasteiger partial charge >= 0.3 is 5.82 Å². The zero-order valence-corrected chi connectivity index (χ0v) is 10.6. The first-order valence-corrected chi connectivity index (χ1v) is 5.81. The van der Waals surface area contributed by atoms with E-state index in [9.17, 15) is 10.1 Å². The predicted molar refractivity (Wildman–Crippen MR) is 63.1 cm³/mol. The van der Waals surface area contributed by atoms with Crippen molar-refractivity contribution in [2.24, 2.45) is 14.1 Å². The lowest BCUT2D eigenvalue weighted by Crippen LogP contribution is -1.99. The molecule has 8 nitrogen and oxygen atoms in total. The van der Waals surface area contributed by atoms with E-state index in [2.05, 4.69) is 9.97 Å². The minimum Gasteiger partial charge on any atom is -0.390 e. The number of nitrogens with zero attached hydrogens (tertiary/aromatic N) is 5. The third-order valence-electron chi connectivity index (χ3n) is 2.43. The van der Waals surface area contributed by atoms with Gasteiger partial charge in [0.1, 0.15) is 0 Å². The molecule has 0 saturated heterocycles. The van der Waals surface area contributed by atoms with Gasteiger partial charge in [0, 0.05) is 14.1 Å². The summed E-state index contributed by atoms with van der Waals surface area (Å²) in [5.74, 6) is -0.198. The smallest absolute Gasteiger partial charge is 0.390 e. The van der Waals surface area contributed by atoms with E-state index in [1.54, 1.807) is 23.2 Å². The molecule has 2 heterocycles. The summed E-state index contributed by atoms with van der Waals surface area (Å²) < 4.78 is 3.25. The number of aryl methyl sites for hydroxylation is 1. The maximum absolute atomic E-state index is 10.8. The van der Waals surface area contributed by atoms with E-state index in [0.29, 0.717) is 15.9 Å². The molecule has 0 bridgehead atoms. The molecule has 0 aliphatic heterocycles. The normalized spacial score (nSPS) is 10.8. The Labute approximate surface area is 106 Å². The van der Waals surface area contributed by atoms with Crippen molar-refractivity contribution in [1.29, 1.82) is 0 Å². The fraction of sp³-hybridized carbons (Fsp3) is 0.333. The molecule has 0 spiro atoms. The second kappa shape index (κ2) is 4.78. The maximum Gasteiger partial charge on any atom is 0.396 e. The van der Waals surface area contributed by atoms with E-state index in [4.69, 9.17) is 5.11 Å². The first kappa shape index (κ1) is 12.6. The number of hydrogen-bond donors (Lipinski definition) is 1. The number of hydrogen-bond acceptors (Lipinski definition) is 6. The van der Waals surface area contributed by atoms with Crippen LogP contribution in [0.2, 0.25) is 0 Å². The third-order valence-corrected chi connectivity index (χ3v) is 3.66. The van der Waals surface area contributed by atoms with Crippen molar-refractivity contribution >= 4 is 17.6 Å². The lowest BCUT2D eigenvalue weighted by Gasteiger charge is -2.03. The van der Waals surface area contributed by atoms with Crippen molar-refractivity contribution in [1.82, 2.24) is 19.1 Å². The number of aromatic nitrogens is 4. The molecule has 0 radical (unpaired) electrons. The summed E-state index contributed by atoms with van der Waals surface area (Å²) in [4.78, 5) is 18.1. The summed E-state index contributed by atoms with van der Waals surface area (Å²) in [7, 11) is 3.42. The van der Waals surface area contributed by atoms with Gasteiger partial charge in [0.2, 0.25) is 6.33 Å². The molecule has 9 heteroatoms. The largest absolute Gasteiger partial charge is 0.396 e. The average molecular weight is 269 g/mol. The summed E-state index contributed by atoms with van der Waals surface area (Å²) in [5.41, 5.74) is 0.641. The van der Waals surface area contributed by atoms with Crippen molar-refractivity contribution in [2.75, 3.05) is 0 Å². The molecule has 18 heavy (non-hydrogen) atoms. The van der Waals surface area contributed by atoms with E-state index >= 15 is 0 Å². The fourth-order valence-electron chi connectivity index (χ4n) is 1.40. The second-order valence-corrected chi connectivity index (χ2v) is 4.55. The quantitative estimate of drug-likeness (QED) is 0.648. The molecule has 0 aliphatic carbocycles. The summed E-state index contributed by atoms with van der Waals surface area (Å²) in [6.45, 7) is -0.127. The molecule has 0 aliphatic rings. The number of rotatable bonds is 4. The van der Waals surface area contributed by atoms with Crippen molar-refractivity contribution in [3.63, 3.8) is 0 Å². The minimum absolute atomic E-state index is 0.127. The van der Waals surface area contributed by atoms with Gasteiger partial charge in [-0.2, -0.15) is 0 Å². The van der Waals surface area contributed by atoms with Gasteiger partial charge in [0.25, 0.3) is 0 Å². The van der Waals surface area contributed by atoms with Crippen LogP contribution in [0.5, 0.6) is 0 Å². The van der Waals surface area contributed by atoms with Crippen LogP contribution in [0.4, 0.5) is 5.82 Å². The molecule has 2 rings (SSSR count). The van der Waals surface area contributed by atoms with Gasteiger partial charge in [-0.1, -0.05) is 0 Å². The Balaban J connectivity index is 2.36. The van der Waals surface area contributed by atoms with Gasteiger partial charge < -0.3 is 24.4 Å². The van der Waals surface area contributed by atoms with Crippen LogP contribution >= 0.6 is 11.8 Å². The topological polar surface area (TPSA) is 99.0 Å². The predicted octanol–water partition coefficient (Wildman–Crippen LogP) is 0.705. The van der Waals surface area contributed by atoms with Gasteiger partial charge in [-0.05, 0) is 21.7 Å². The molecule has 96 valence electrons. The zero-order chi connectivity index (χ0) is 13.3. The fourth-order valence-corrected chi connectivity index (χ4v) is 2.35. The number of imidazole rings is 2. The minimum atomic E-state index is -0.530. The van der Waals surface area contributed by atoms with Gasteiger partial charge in [0.15, 0.2) is 10.2 Å². The Morgan fingerprint density at radius 1 is 1.50 bits per heavy atom. The van der Waals surface area contributed by atoms with E-state index < -0.39 is 4.92 Å². The van der Waals surface area contributed by atoms with Gasteiger partial charge in [-0.3, -0.25) is 0 Å². The summed E-state index contributed by atoms with van der Waals surface area (Å²) in [6.07, 6.45) is 2.92. The van der Waals surface area contributed by atoms with E-state index in [1.165, 1.54) is 12.5 Å². The Morgan fingerprint density at radius 3 is 2.78 bits per heavy atom. The molecule has 0 unspecified atom stereocenters. The molecule has 1 N–H and O–H groups in total. The lowest BCUT2D eigenvalue weighted by atomic mass is 10.5. The van der Waals surface area contributed by atoms with Crippen LogP contribution in [0.3, 0.4) is 0 Å². The van der Waals surface area contributed by atoms with Crippen LogP contribution < -0.4 is 0 Å². The van der Waals surface area contributed by atoms with Crippen LogP contribution in [0.15, 0.2) is 22.7 Å². The van der Waals surface area contributed by atoms with Crippen LogP contribution in [0, 0.1) is 10.1 Å². The van der Waals surface area contributed by atoms with Crippen molar-refractivity contribution in [3.05, 3.63) is 28.3 Å². The highest BCUT2D eigenvalue weighted by molar-refractivity contribution is 7.99. The molecule has 0 amide bonds. The van der Waals surface area contributed by atoms with Crippen LogP contribution in [0.25, 0.3) is 0 Å². The Hall–Kier alpha value is -1.87. The first-order chi connectivity index (χ1) is 8.54. The summed E-state index contributed by atoms with van der Waals surface area (Å²) >= 11 is 1.14. The van der Waals surface area contributed by atoms with Gasteiger partial charge in [-0.25, -0.2) is 4.98 Å². The average Bonchev–Trinajstić information content (AvgIpc) is 2.85. The van der Waals surface area contributed by atoms with Crippen LogP contribution in [-0.4, -0.2) is 29.1 Å². The Morgan fingerprint density at radius 2 is 2.22 bits per heavy atom. The number of aliphatic hydroxyl groups is 1. The summed E-state index contributed by atoms with van der Waals surface area (Å²) in [5, 5.41) is 20.8. The lowest BCUT2D eigenvalue weighted by molar-refractivity contribution is -0.392. The van der Waals surface area contributed by atoms with Crippen molar-refractivity contribution in [3.8, 4) is 0 Å². The Bertz CT molecular complexity index is 591. The van der Waals surface area contributed by atoms with E-state index in [-0.39, 0.29) is 12.4 Å². The van der Waals surface area contributed by atoms with Crippen LogP contribution in [-0.2, 0) is 20.7 Å². The highest BCUT2D eigenvalue weighted by Gasteiger charge is 2.22. The van der Waals surface area contributed by atoms with E-state index in [0.717, 1.165) is 11.8 Å². The molecule has 0 aromatic carbocycles. The number of aliphatic hydroxyl groups excluding tert-OH is 1.